The standard InChI is InChI=1S/C29H30F6N4O4S/c1-18-16-21(25(40)39-12-3-6-23(39)29(33,34)35)8-7-19(18)9-15-44(42,43)38-13-10-27(11-14-38)26(41)36-24(37-27)20-4-2-5-22(17-20)28(30,31)32/h2,4-5,7-8,16-17,23H,3,6,9-15H2,1H3,(H,36,37,41). The molecule has 3 aliphatic rings. The van der Waals surface area contributed by atoms with Gasteiger partial charge >= 0.3 is 12.4 Å². The highest BCUT2D eigenvalue weighted by Gasteiger charge is 2.49. The molecular weight excluding hydrogens is 614 g/mol. The molecule has 3 heterocycles. The number of likely N-dealkylation sites (tertiary alicyclic amines) is 1. The molecule has 0 aromatic heterocycles. The SMILES string of the molecule is Cc1cc(C(=O)N2CCCC2C(F)(F)F)ccc1CCS(=O)(=O)N1CCC2(CC1)N=C(c1cccc(C(F)(F)F)c1)NC2=O. The van der Waals surface area contributed by atoms with Gasteiger partial charge in [0.15, 0.2) is 0 Å². The number of aliphatic imine (C=N–C) groups is 1. The monoisotopic (exact) mass is 644 g/mol. The van der Waals surface area contributed by atoms with Crippen LogP contribution in [0.4, 0.5) is 26.3 Å². The summed E-state index contributed by atoms with van der Waals surface area (Å²) in [5, 5.41) is 2.55. The lowest BCUT2D eigenvalue weighted by Gasteiger charge is -2.34. The molecule has 0 bridgehead atoms. The molecule has 15 heteroatoms. The number of rotatable bonds is 6. The van der Waals surface area contributed by atoms with Gasteiger partial charge in [-0.25, -0.2) is 12.7 Å². The van der Waals surface area contributed by atoms with Crippen molar-refractivity contribution >= 4 is 27.7 Å². The van der Waals surface area contributed by atoms with E-state index in [9.17, 15) is 44.3 Å². The van der Waals surface area contributed by atoms with Crippen LogP contribution in [0, 0.1) is 6.92 Å². The van der Waals surface area contributed by atoms with Gasteiger partial charge in [0, 0.05) is 30.8 Å². The highest BCUT2D eigenvalue weighted by Crippen LogP contribution is 2.35. The molecule has 1 spiro atoms. The number of aryl methyl sites for hydroxylation is 2. The van der Waals surface area contributed by atoms with E-state index < -0.39 is 51.3 Å². The second-order valence-corrected chi connectivity index (χ2v) is 13.4. The van der Waals surface area contributed by atoms with E-state index in [1.54, 1.807) is 13.0 Å². The van der Waals surface area contributed by atoms with Crippen molar-refractivity contribution in [2.24, 2.45) is 4.99 Å². The lowest BCUT2D eigenvalue weighted by atomic mass is 9.89. The Kier molecular flexibility index (Phi) is 8.33. The number of hydrogen-bond donors (Lipinski definition) is 1. The smallest absolute Gasteiger partial charge is 0.327 e. The van der Waals surface area contributed by atoms with E-state index in [1.807, 2.05) is 0 Å². The number of amides is 2. The molecule has 0 aliphatic carbocycles. The van der Waals surface area contributed by atoms with Crippen LogP contribution in [-0.2, 0) is 27.4 Å². The average molecular weight is 645 g/mol. The first-order valence-electron chi connectivity index (χ1n) is 14.0. The van der Waals surface area contributed by atoms with Crippen molar-refractivity contribution in [3.8, 4) is 0 Å². The van der Waals surface area contributed by atoms with Crippen molar-refractivity contribution in [2.75, 3.05) is 25.4 Å². The number of halogens is 6. The lowest BCUT2D eigenvalue weighted by molar-refractivity contribution is -0.169. The summed E-state index contributed by atoms with van der Waals surface area (Å²) >= 11 is 0. The van der Waals surface area contributed by atoms with Crippen molar-refractivity contribution < 1.29 is 44.3 Å². The van der Waals surface area contributed by atoms with Crippen molar-refractivity contribution in [2.45, 2.75) is 63.0 Å². The number of piperidine rings is 1. The van der Waals surface area contributed by atoms with Crippen LogP contribution in [0.25, 0.3) is 0 Å². The van der Waals surface area contributed by atoms with Crippen molar-refractivity contribution in [1.29, 1.82) is 0 Å². The molecule has 3 aliphatic heterocycles. The minimum absolute atomic E-state index is 0.00784. The first-order chi connectivity index (χ1) is 20.5. The first kappa shape index (κ1) is 31.9. The summed E-state index contributed by atoms with van der Waals surface area (Å²) in [6, 6.07) is 7.04. The zero-order valence-electron chi connectivity index (χ0n) is 23.6. The molecule has 2 amide bonds. The number of sulfonamides is 1. The van der Waals surface area contributed by atoms with E-state index in [0.717, 1.165) is 17.0 Å². The normalized spacial score (nSPS) is 21.1. The van der Waals surface area contributed by atoms with Gasteiger partial charge in [0.25, 0.3) is 11.8 Å². The molecule has 0 radical (unpaired) electrons. The molecule has 1 N–H and O–H groups in total. The minimum atomic E-state index is -4.57. The Balaban J connectivity index is 1.21. The van der Waals surface area contributed by atoms with E-state index in [4.69, 9.17) is 0 Å². The molecule has 1 unspecified atom stereocenters. The number of nitrogens with one attached hydrogen (secondary N) is 1. The number of benzene rings is 2. The van der Waals surface area contributed by atoms with E-state index in [2.05, 4.69) is 10.3 Å². The van der Waals surface area contributed by atoms with Gasteiger partial charge in [-0.2, -0.15) is 26.3 Å². The molecule has 1 atom stereocenters. The van der Waals surface area contributed by atoms with Crippen LogP contribution in [0.2, 0.25) is 0 Å². The molecule has 2 fully saturated rings. The maximum Gasteiger partial charge on any atom is 0.416 e. The molecule has 5 rings (SSSR count). The van der Waals surface area contributed by atoms with Crippen molar-refractivity contribution in [3.63, 3.8) is 0 Å². The largest absolute Gasteiger partial charge is 0.416 e. The van der Waals surface area contributed by atoms with E-state index in [0.29, 0.717) is 11.1 Å². The Bertz CT molecular complexity index is 1600. The maximum atomic E-state index is 13.3. The quantitative estimate of drug-likeness (QED) is 0.470. The summed E-state index contributed by atoms with van der Waals surface area (Å²) in [5.41, 5.74) is -0.764. The van der Waals surface area contributed by atoms with E-state index in [-0.39, 0.29) is 74.5 Å². The molecule has 238 valence electrons. The Morgan fingerprint density at radius 2 is 1.75 bits per heavy atom. The molecular formula is C29H30F6N4O4S. The van der Waals surface area contributed by atoms with Crippen LogP contribution in [0.3, 0.4) is 0 Å². The molecule has 2 aromatic carbocycles. The molecule has 0 saturated carbocycles. The highest BCUT2D eigenvalue weighted by atomic mass is 32.2. The van der Waals surface area contributed by atoms with Gasteiger partial charge in [0.1, 0.15) is 17.4 Å². The number of alkyl halides is 6. The fourth-order valence-corrected chi connectivity index (χ4v) is 7.44. The van der Waals surface area contributed by atoms with E-state index in [1.165, 1.54) is 28.6 Å². The maximum absolute atomic E-state index is 13.3. The third-order valence-corrected chi connectivity index (χ3v) is 10.4. The fraction of sp³-hybridized carbons (Fsp3) is 0.483. The van der Waals surface area contributed by atoms with Gasteiger partial charge in [-0.05, 0) is 74.4 Å². The van der Waals surface area contributed by atoms with Crippen LogP contribution in [0.5, 0.6) is 0 Å². The third kappa shape index (κ3) is 6.34. The van der Waals surface area contributed by atoms with Gasteiger partial charge in [-0.3, -0.25) is 14.6 Å². The number of carbonyl (C=O) groups excluding carboxylic acids is 2. The highest BCUT2D eigenvalue weighted by molar-refractivity contribution is 7.89. The summed E-state index contributed by atoms with van der Waals surface area (Å²) in [6.07, 6.45) is -8.77. The summed E-state index contributed by atoms with van der Waals surface area (Å²) in [4.78, 5) is 30.9. The number of carbonyl (C=O) groups is 2. The second kappa shape index (κ2) is 11.5. The molecule has 44 heavy (non-hydrogen) atoms. The Morgan fingerprint density at radius 1 is 1.05 bits per heavy atom. The first-order valence-corrected chi connectivity index (χ1v) is 15.7. The van der Waals surface area contributed by atoms with Crippen molar-refractivity contribution in [1.82, 2.24) is 14.5 Å². The molecule has 2 aromatic rings. The Hall–Kier alpha value is -3.46. The summed E-state index contributed by atoms with van der Waals surface area (Å²) in [6.45, 7) is 1.64. The lowest BCUT2D eigenvalue weighted by Crippen LogP contribution is -2.50. The Morgan fingerprint density at radius 3 is 2.39 bits per heavy atom. The fourth-order valence-electron chi connectivity index (χ4n) is 5.96. The predicted molar refractivity (Wildman–Crippen MR) is 148 cm³/mol. The molecule has 8 nitrogen and oxygen atoms in total. The third-order valence-electron chi connectivity index (χ3n) is 8.50. The minimum Gasteiger partial charge on any atom is -0.327 e. The second-order valence-electron chi connectivity index (χ2n) is 11.3. The zero-order valence-corrected chi connectivity index (χ0v) is 24.4. The average Bonchev–Trinajstić information content (AvgIpc) is 3.58. The topological polar surface area (TPSA) is 99.2 Å². The van der Waals surface area contributed by atoms with Crippen LogP contribution < -0.4 is 5.32 Å². The van der Waals surface area contributed by atoms with Crippen LogP contribution >= 0.6 is 0 Å². The van der Waals surface area contributed by atoms with Gasteiger partial charge in [-0.15, -0.1) is 0 Å². The summed E-state index contributed by atoms with van der Waals surface area (Å²) in [5.74, 6) is -1.48. The van der Waals surface area contributed by atoms with Crippen molar-refractivity contribution in [3.05, 3.63) is 70.3 Å². The number of hydrogen-bond acceptors (Lipinski definition) is 5. The number of amidine groups is 1. The number of nitrogens with zero attached hydrogens (tertiary/aromatic N) is 3. The summed E-state index contributed by atoms with van der Waals surface area (Å²) in [7, 11) is -3.78. The van der Waals surface area contributed by atoms with Gasteiger partial charge in [0.2, 0.25) is 10.0 Å². The van der Waals surface area contributed by atoms with E-state index >= 15 is 0 Å². The van der Waals surface area contributed by atoms with Crippen LogP contribution in [-0.4, -0.2) is 78.4 Å². The predicted octanol–water partition coefficient (Wildman–Crippen LogP) is 4.46. The summed E-state index contributed by atoms with van der Waals surface area (Å²) < 4.78 is 107. The van der Waals surface area contributed by atoms with Crippen LogP contribution in [0.1, 0.15) is 58.3 Å². The van der Waals surface area contributed by atoms with Crippen LogP contribution in [0.15, 0.2) is 47.5 Å². The zero-order chi connectivity index (χ0) is 32.1. The van der Waals surface area contributed by atoms with Gasteiger partial charge in [-0.1, -0.05) is 18.2 Å². The Labute approximate surface area is 250 Å². The van der Waals surface area contributed by atoms with Gasteiger partial charge < -0.3 is 10.2 Å². The van der Waals surface area contributed by atoms with Gasteiger partial charge in [0.05, 0.1) is 11.3 Å². The molecule has 2 saturated heterocycles.